The molecule has 0 fully saturated rings. The summed E-state index contributed by atoms with van der Waals surface area (Å²) in [5.41, 5.74) is 3.00. The molecule has 0 unspecified atom stereocenters. The van der Waals surface area contributed by atoms with Gasteiger partial charge in [0.05, 0.1) is 25.3 Å². The Bertz CT molecular complexity index is 805. The number of carbonyl (C=O) groups is 3. The van der Waals surface area contributed by atoms with Gasteiger partial charge in [0, 0.05) is 26.5 Å². The van der Waals surface area contributed by atoms with Crippen LogP contribution in [0.25, 0.3) is 0 Å². The second-order valence-electron chi connectivity index (χ2n) is 4.54. The van der Waals surface area contributed by atoms with E-state index in [2.05, 4.69) is 25.2 Å². The molecule has 0 radical (unpaired) electrons. The number of amides is 1. The molecule has 0 aliphatic carbocycles. The van der Waals surface area contributed by atoms with Gasteiger partial charge in [0.15, 0.2) is 0 Å². The van der Waals surface area contributed by atoms with Gasteiger partial charge in [-0.15, -0.1) is 0 Å². The van der Waals surface area contributed by atoms with Crippen molar-refractivity contribution in [3.8, 4) is 0 Å². The van der Waals surface area contributed by atoms with Crippen molar-refractivity contribution in [1.29, 1.82) is 0 Å². The van der Waals surface area contributed by atoms with Gasteiger partial charge >= 0.3 is 29.6 Å². The third-order valence-corrected chi connectivity index (χ3v) is 3.57. The number of nitrogens with one attached hydrogen (secondary N) is 1. The second-order valence-corrected chi connectivity index (χ2v) is 5.60. The molecule has 0 aromatic carbocycles. The van der Waals surface area contributed by atoms with E-state index in [1.165, 1.54) is 32.6 Å². The molecule has 1 amide bonds. The molecule has 2 rings (SSSR count). The molecular weight excluding hydrogens is 514 g/mol. The summed E-state index contributed by atoms with van der Waals surface area (Å²) in [7, 11) is 6.19. The van der Waals surface area contributed by atoms with Crippen molar-refractivity contribution in [2.45, 2.75) is 7.43 Å². The molecule has 0 saturated heterocycles. The summed E-state index contributed by atoms with van der Waals surface area (Å²) in [5, 5.41) is 9.25. The number of carbonyl (C=O) groups excluding carboxylic acids is 3. The van der Waals surface area contributed by atoms with Crippen LogP contribution in [-0.4, -0.2) is 61.0 Å². The van der Waals surface area contributed by atoms with E-state index in [0.717, 1.165) is 5.06 Å². The van der Waals surface area contributed by atoms with Crippen molar-refractivity contribution >= 4 is 52.4 Å². The first-order chi connectivity index (χ1) is 14.7. The minimum absolute atomic E-state index is 0. The molecule has 0 aliphatic rings. The van der Waals surface area contributed by atoms with Crippen LogP contribution in [0.4, 0.5) is 0 Å². The molecule has 0 spiro atoms. The number of nitrogens with zero attached hydrogens (tertiary/aromatic N) is 3. The van der Waals surface area contributed by atoms with Crippen LogP contribution in [0.5, 0.6) is 0 Å². The summed E-state index contributed by atoms with van der Waals surface area (Å²) in [5.74, 6) is -0.319. The molecule has 2 aromatic heterocycles. The zero-order valence-electron chi connectivity index (χ0n) is 17.9. The molecule has 1 N–H and O–H groups in total. The van der Waals surface area contributed by atoms with Crippen LogP contribution in [0.15, 0.2) is 36.7 Å². The molecule has 0 bridgehead atoms. The van der Waals surface area contributed by atoms with Gasteiger partial charge in [-0.2, -0.15) is 0 Å². The van der Waals surface area contributed by atoms with Gasteiger partial charge in [-0.25, -0.2) is 20.5 Å². The van der Waals surface area contributed by atoms with Gasteiger partial charge in [-0.1, -0.05) is 30.6 Å². The maximum atomic E-state index is 11.5. The van der Waals surface area contributed by atoms with E-state index in [-0.39, 0.29) is 65.2 Å². The van der Waals surface area contributed by atoms with Crippen LogP contribution >= 0.6 is 34.8 Å². The maximum absolute atomic E-state index is 11.5. The number of hydrogen-bond donors (Lipinski definition) is 1. The molecule has 15 heteroatoms. The van der Waals surface area contributed by atoms with Gasteiger partial charge in [0.2, 0.25) is 0 Å². The maximum Gasteiger partial charge on any atom is 1.00 e. The number of hydroxylamine groups is 3. The minimum Gasteiger partial charge on any atom is -0.662 e. The smallest absolute Gasteiger partial charge is 0.662 e. The molecular formula is C18H24Cl3N4NaO7. The molecule has 2 heterocycles. The Morgan fingerprint density at radius 2 is 1.48 bits per heavy atom. The van der Waals surface area contributed by atoms with Crippen LogP contribution in [0.3, 0.4) is 0 Å². The van der Waals surface area contributed by atoms with E-state index in [1.807, 2.05) is 0 Å². The topological polar surface area (TPSA) is 143 Å². The van der Waals surface area contributed by atoms with Gasteiger partial charge in [-0.05, 0) is 35.9 Å². The summed E-state index contributed by atoms with van der Waals surface area (Å²) in [6.45, 7) is -0.181. The van der Waals surface area contributed by atoms with Crippen molar-refractivity contribution in [3.05, 3.63) is 58.1 Å². The fourth-order valence-electron chi connectivity index (χ4n) is 1.33. The molecule has 180 valence electrons. The summed E-state index contributed by atoms with van der Waals surface area (Å²) < 4.78 is 0. The van der Waals surface area contributed by atoms with Gasteiger partial charge in [0.25, 0.3) is 17.6 Å². The largest absolute Gasteiger partial charge is 1.00 e. The quantitative estimate of drug-likeness (QED) is 0.130. The zero-order chi connectivity index (χ0) is 24.2. The normalized spacial score (nSPS) is 8.24. The number of rotatable bonds is 5. The average molecular weight is 538 g/mol. The summed E-state index contributed by atoms with van der Waals surface area (Å²) in [6, 6.07) is 6.35. The SMILES string of the molecule is C.CNOC.CON(C)C(=O)c1cccnc1Cl.O=C(Cl)c1cccnc1Cl.O=CO[O-].[Na+]. The van der Waals surface area contributed by atoms with Crippen LogP contribution < -0.4 is 40.3 Å². The molecule has 11 nitrogen and oxygen atoms in total. The summed E-state index contributed by atoms with van der Waals surface area (Å²) in [4.78, 5) is 49.7. The van der Waals surface area contributed by atoms with Gasteiger partial charge < -0.3 is 15.0 Å². The van der Waals surface area contributed by atoms with E-state index < -0.39 is 5.24 Å². The molecule has 0 aliphatic heterocycles. The molecule has 0 atom stereocenters. The Kier molecular flexibility index (Phi) is 29.7. The second kappa shape index (κ2) is 25.2. The first-order valence-electron chi connectivity index (χ1n) is 7.86. The molecule has 2 aromatic rings. The predicted molar refractivity (Wildman–Crippen MR) is 118 cm³/mol. The van der Waals surface area contributed by atoms with E-state index in [9.17, 15) is 9.59 Å². The van der Waals surface area contributed by atoms with Crippen LogP contribution in [-0.2, 0) is 19.4 Å². The van der Waals surface area contributed by atoms with Gasteiger partial charge in [-0.3, -0.25) is 19.2 Å². The fraction of sp³-hybridized carbons (Fsp3) is 0.278. The predicted octanol–water partition coefficient (Wildman–Crippen LogP) is -0.676. The van der Waals surface area contributed by atoms with Crippen molar-refractivity contribution in [1.82, 2.24) is 20.5 Å². The average Bonchev–Trinajstić information content (AvgIpc) is 2.79. The van der Waals surface area contributed by atoms with Crippen molar-refractivity contribution in [3.63, 3.8) is 0 Å². The Hall–Kier alpha value is -1.38. The van der Waals surface area contributed by atoms with Crippen molar-refractivity contribution in [2.24, 2.45) is 0 Å². The first-order valence-corrected chi connectivity index (χ1v) is 9.00. The third kappa shape index (κ3) is 18.7. The number of halogens is 3. The molecule has 33 heavy (non-hydrogen) atoms. The van der Waals surface area contributed by atoms with Crippen LogP contribution in [0.1, 0.15) is 28.1 Å². The number of aromatic nitrogens is 2. The minimum atomic E-state index is -0.585. The Balaban J connectivity index is -0.000000187. The number of hydrogen-bond acceptors (Lipinski definition) is 10. The standard InChI is InChI=1S/C8H9ClN2O2.C6H3Cl2NO.C2H7NO.CH2O3.CH4.Na/c1-11(13-2)8(12)6-4-3-5-10-7(6)9;7-5-4(6(8)10)2-1-3-9-5;1-3-4-2;2-1-4-3;;/h3-5H,1-2H3;1-3H;3H,1-2H3;1,3H;1H4;/q;;;;;+1/p-1. The van der Waals surface area contributed by atoms with Crippen LogP contribution in [0.2, 0.25) is 10.3 Å². The Labute approximate surface area is 229 Å². The van der Waals surface area contributed by atoms with Crippen LogP contribution in [0, 0.1) is 0 Å². The van der Waals surface area contributed by atoms with Crippen molar-refractivity contribution < 1.29 is 63.8 Å². The Morgan fingerprint density at radius 1 is 1.09 bits per heavy atom. The summed E-state index contributed by atoms with van der Waals surface area (Å²) >= 11 is 16.4. The van der Waals surface area contributed by atoms with E-state index in [0.29, 0.717) is 5.56 Å². The molecule has 0 saturated carbocycles. The Morgan fingerprint density at radius 3 is 1.73 bits per heavy atom. The summed E-state index contributed by atoms with van der Waals surface area (Å²) in [6.07, 6.45) is 3.01. The van der Waals surface area contributed by atoms with Gasteiger partial charge in [0.1, 0.15) is 10.3 Å². The van der Waals surface area contributed by atoms with E-state index in [1.54, 1.807) is 32.4 Å². The monoisotopic (exact) mass is 536 g/mol. The third-order valence-electron chi connectivity index (χ3n) is 2.76. The first kappa shape index (κ1) is 38.9. The fourth-order valence-corrected chi connectivity index (χ4v) is 1.94. The zero-order valence-corrected chi connectivity index (χ0v) is 22.1. The number of pyridine rings is 2. The van der Waals surface area contributed by atoms with Crippen molar-refractivity contribution in [2.75, 3.05) is 28.3 Å². The van der Waals surface area contributed by atoms with E-state index >= 15 is 0 Å². The van der Waals surface area contributed by atoms with E-state index in [4.69, 9.17) is 49.7 Å².